The van der Waals surface area contributed by atoms with E-state index in [0.717, 1.165) is 61.8 Å². The van der Waals surface area contributed by atoms with Crippen LogP contribution in [-0.2, 0) is 5.41 Å². The summed E-state index contributed by atoms with van der Waals surface area (Å²) in [5.41, 5.74) is 14.2. The fourth-order valence-electron chi connectivity index (χ4n) is 9.44. The quantitative estimate of drug-likeness (QED) is 0.178. The summed E-state index contributed by atoms with van der Waals surface area (Å²) < 4.78 is 6.76. The number of rotatable bonds is 5. The fourth-order valence-corrected chi connectivity index (χ4v) is 9.44. The maximum atomic E-state index is 6.76. The van der Waals surface area contributed by atoms with Gasteiger partial charge in [-0.05, 0) is 63.7 Å². The third-order valence-electron chi connectivity index (χ3n) is 11.9. The van der Waals surface area contributed by atoms with E-state index in [1.807, 2.05) is 12.1 Å². The molecule has 3 unspecified atom stereocenters. The van der Waals surface area contributed by atoms with E-state index in [9.17, 15) is 0 Å². The Kier molecular flexibility index (Phi) is 7.53. The van der Waals surface area contributed by atoms with Crippen molar-refractivity contribution in [2.24, 2.45) is 5.92 Å². The van der Waals surface area contributed by atoms with Crippen LogP contribution in [0, 0.1) is 5.92 Å². The molecule has 7 aromatic carbocycles. The van der Waals surface area contributed by atoms with E-state index in [1.165, 1.54) is 22.3 Å². The number of hydrogen-bond acceptors (Lipinski definition) is 3. The molecule has 0 saturated heterocycles. The van der Waals surface area contributed by atoms with Gasteiger partial charge >= 0.3 is 0 Å². The van der Waals surface area contributed by atoms with Gasteiger partial charge in [0.15, 0.2) is 5.82 Å². The molecule has 0 radical (unpaired) electrons. The monoisotopic (exact) mass is 716 g/mol. The molecular weight excluding hydrogens is 681 g/mol. The first kappa shape index (κ1) is 32.3. The van der Waals surface area contributed by atoms with Crippen LogP contribution >= 0.6 is 0 Å². The highest BCUT2D eigenvalue weighted by Gasteiger charge is 2.56. The second-order valence-corrected chi connectivity index (χ2v) is 14.8. The van der Waals surface area contributed by atoms with Crippen LogP contribution in [0.5, 0.6) is 11.5 Å². The Morgan fingerprint density at radius 2 is 0.982 bits per heavy atom. The molecule has 264 valence electrons. The van der Waals surface area contributed by atoms with Gasteiger partial charge in [-0.25, -0.2) is 9.97 Å². The van der Waals surface area contributed by atoms with Crippen LogP contribution in [0.1, 0.15) is 28.2 Å². The lowest BCUT2D eigenvalue weighted by Crippen LogP contribution is -2.37. The third-order valence-corrected chi connectivity index (χ3v) is 11.9. The Morgan fingerprint density at radius 1 is 0.411 bits per heavy atom. The predicted molar refractivity (Wildman–Crippen MR) is 227 cm³/mol. The Bertz CT molecular complexity index is 2800. The van der Waals surface area contributed by atoms with Crippen molar-refractivity contribution in [2.45, 2.75) is 11.3 Å². The van der Waals surface area contributed by atoms with Crippen molar-refractivity contribution in [3.63, 3.8) is 0 Å². The lowest BCUT2D eigenvalue weighted by atomic mass is 9.61. The topological polar surface area (TPSA) is 35.0 Å². The van der Waals surface area contributed by atoms with Crippen molar-refractivity contribution in [1.82, 2.24) is 9.97 Å². The Balaban J connectivity index is 1.06. The van der Waals surface area contributed by atoms with Crippen LogP contribution in [0.2, 0.25) is 0 Å². The summed E-state index contributed by atoms with van der Waals surface area (Å²) in [6.45, 7) is 0. The van der Waals surface area contributed by atoms with Crippen LogP contribution in [0.25, 0.3) is 56.2 Å². The molecule has 0 bridgehead atoms. The summed E-state index contributed by atoms with van der Waals surface area (Å²) in [6.07, 6.45) is 9.22. The summed E-state index contributed by atoms with van der Waals surface area (Å²) in [7, 11) is 0. The van der Waals surface area contributed by atoms with Gasteiger partial charge in [-0.3, -0.25) is 0 Å². The summed E-state index contributed by atoms with van der Waals surface area (Å²) in [5.74, 6) is 3.02. The van der Waals surface area contributed by atoms with Gasteiger partial charge in [0.2, 0.25) is 0 Å². The number of fused-ring (bicyclic) bond motifs is 9. The van der Waals surface area contributed by atoms with Crippen molar-refractivity contribution in [3.05, 3.63) is 229 Å². The van der Waals surface area contributed by atoms with Crippen molar-refractivity contribution in [3.8, 4) is 67.7 Å². The van der Waals surface area contributed by atoms with Crippen molar-refractivity contribution in [1.29, 1.82) is 0 Å². The number of allylic oxidation sites excluding steroid dienone is 4. The zero-order valence-electron chi connectivity index (χ0n) is 30.6. The molecule has 3 aliphatic rings. The first-order valence-corrected chi connectivity index (χ1v) is 19.3. The number of nitrogens with zero attached hydrogens (tertiary/aromatic N) is 2. The zero-order valence-corrected chi connectivity index (χ0v) is 30.6. The van der Waals surface area contributed by atoms with Crippen molar-refractivity contribution in [2.75, 3.05) is 0 Å². The molecule has 56 heavy (non-hydrogen) atoms. The van der Waals surface area contributed by atoms with E-state index in [1.54, 1.807) is 0 Å². The highest BCUT2D eigenvalue weighted by atomic mass is 16.5. The molecule has 1 spiro atoms. The van der Waals surface area contributed by atoms with Crippen molar-refractivity contribution >= 4 is 0 Å². The minimum absolute atomic E-state index is 0.211. The first-order valence-electron chi connectivity index (χ1n) is 19.3. The van der Waals surface area contributed by atoms with Gasteiger partial charge in [-0.15, -0.1) is 0 Å². The average molecular weight is 717 g/mol. The van der Waals surface area contributed by atoms with Gasteiger partial charge in [0.1, 0.15) is 11.5 Å². The second-order valence-electron chi connectivity index (χ2n) is 14.8. The van der Waals surface area contributed by atoms with Crippen LogP contribution < -0.4 is 4.74 Å². The summed E-state index contributed by atoms with van der Waals surface area (Å²) in [4.78, 5) is 10.3. The number of benzene rings is 7. The van der Waals surface area contributed by atoms with Gasteiger partial charge in [0.25, 0.3) is 0 Å². The molecular formula is C53H36N2O. The molecule has 3 atom stereocenters. The normalized spacial score (nSPS) is 18.4. The van der Waals surface area contributed by atoms with E-state index in [0.29, 0.717) is 5.82 Å². The highest BCUT2D eigenvalue weighted by Crippen LogP contribution is 2.64. The van der Waals surface area contributed by atoms with E-state index >= 15 is 0 Å². The molecule has 1 aromatic heterocycles. The molecule has 3 nitrogen and oxygen atoms in total. The third kappa shape index (κ3) is 5.05. The molecule has 0 N–H and O–H groups in total. The summed E-state index contributed by atoms with van der Waals surface area (Å²) in [6, 6.07) is 64.6. The molecule has 1 aliphatic heterocycles. The van der Waals surface area contributed by atoms with Crippen LogP contribution in [0.15, 0.2) is 206 Å². The molecule has 0 amide bonds. The van der Waals surface area contributed by atoms with Crippen molar-refractivity contribution < 1.29 is 4.74 Å². The summed E-state index contributed by atoms with van der Waals surface area (Å²) >= 11 is 0. The Labute approximate surface area is 327 Å². The minimum Gasteiger partial charge on any atom is -0.457 e. The van der Waals surface area contributed by atoms with Gasteiger partial charge in [0.05, 0.1) is 16.8 Å². The van der Waals surface area contributed by atoms with E-state index in [-0.39, 0.29) is 11.8 Å². The van der Waals surface area contributed by atoms with Crippen LogP contribution in [-0.4, -0.2) is 9.97 Å². The van der Waals surface area contributed by atoms with Gasteiger partial charge in [-0.2, -0.15) is 0 Å². The van der Waals surface area contributed by atoms with Gasteiger partial charge in [0, 0.05) is 39.7 Å². The fraction of sp³-hybridized carbons (Fsp3) is 0.0566. The van der Waals surface area contributed by atoms with Gasteiger partial charge < -0.3 is 4.74 Å². The van der Waals surface area contributed by atoms with E-state index < -0.39 is 5.41 Å². The summed E-state index contributed by atoms with van der Waals surface area (Å²) in [5, 5.41) is 0. The maximum Gasteiger partial charge on any atom is 0.160 e. The molecule has 2 heterocycles. The van der Waals surface area contributed by atoms with E-state index in [2.05, 4.69) is 194 Å². The molecule has 8 aromatic rings. The lowest BCUT2D eigenvalue weighted by molar-refractivity contribution is 0.374. The SMILES string of the molecule is C1=CC2c3ccccc3C3(c4ccccc4Oc4ccc(-c5ccccc5-c5cccc(-c6nc(-c7ccccc7)cc(-c7ccccc7)n6)c5)cc43)C2C=C1. The smallest absolute Gasteiger partial charge is 0.160 e. The highest BCUT2D eigenvalue weighted by molar-refractivity contribution is 5.86. The predicted octanol–water partition coefficient (Wildman–Crippen LogP) is 13.1. The molecule has 0 saturated carbocycles. The van der Waals surface area contributed by atoms with Crippen LogP contribution in [0.4, 0.5) is 0 Å². The minimum atomic E-state index is -0.408. The molecule has 0 fully saturated rings. The lowest BCUT2D eigenvalue weighted by Gasteiger charge is -2.43. The van der Waals surface area contributed by atoms with Crippen LogP contribution in [0.3, 0.4) is 0 Å². The largest absolute Gasteiger partial charge is 0.457 e. The average Bonchev–Trinajstić information content (AvgIpc) is 3.57. The Hall–Kier alpha value is -7.10. The Morgan fingerprint density at radius 3 is 1.73 bits per heavy atom. The molecule has 11 rings (SSSR count). The number of para-hydroxylation sites is 1. The number of ether oxygens (including phenoxy) is 1. The van der Waals surface area contributed by atoms with Gasteiger partial charge in [-0.1, -0.05) is 176 Å². The standard InChI is InChI=1S/C53H36N2O/c1-3-16-35(17-4-1)48-34-49(36-18-5-2-6-19-36)55-52(54-48)39-21-15-20-37(32-39)40-22-7-8-23-41(40)38-30-31-51-47(33-38)53(46-28-13-14-29-50(46)56-51)44-26-11-9-24-42(44)43-25-10-12-27-45(43)53/h1-34,42,44H. The molecule has 3 heteroatoms. The maximum absolute atomic E-state index is 6.76. The number of aromatic nitrogens is 2. The second kappa shape index (κ2) is 13.0. The molecule has 2 aliphatic carbocycles. The zero-order chi connectivity index (χ0) is 37.1. The first-order chi connectivity index (χ1) is 27.8. The van der Waals surface area contributed by atoms with E-state index in [4.69, 9.17) is 14.7 Å². The number of hydrogen-bond donors (Lipinski definition) is 0.